The van der Waals surface area contributed by atoms with Gasteiger partial charge in [-0.25, -0.2) is 0 Å². The van der Waals surface area contributed by atoms with E-state index in [1.807, 2.05) is 24.3 Å². The van der Waals surface area contributed by atoms with Crippen LogP contribution < -0.4 is 10.1 Å². The second-order valence-electron chi connectivity index (χ2n) is 4.79. The molecule has 8 heteroatoms. The van der Waals surface area contributed by atoms with Gasteiger partial charge < -0.3 is 10.1 Å². The van der Waals surface area contributed by atoms with Crippen LogP contribution in [0.25, 0.3) is 0 Å². The Hall–Kier alpha value is -0.840. The largest absolute Gasteiger partial charge is 0.481 e. The van der Waals surface area contributed by atoms with Crippen LogP contribution >= 0.6 is 58.0 Å². The summed E-state index contributed by atoms with van der Waals surface area (Å²) in [6, 6.07) is 7.49. The average Bonchev–Trinajstić information content (AvgIpc) is 2.59. The van der Waals surface area contributed by atoms with Gasteiger partial charge in [0.1, 0.15) is 10.0 Å². The van der Waals surface area contributed by atoms with Gasteiger partial charge in [0, 0.05) is 5.69 Å². The average molecular weight is 428 g/mol. The lowest BCUT2D eigenvalue weighted by molar-refractivity contribution is -0.118. The molecular weight excluding hydrogens is 415 g/mol. The van der Waals surface area contributed by atoms with E-state index in [0.717, 1.165) is 6.42 Å². The summed E-state index contributed by atoms with van der Waals surface area (Å²) < 4.78 is 5.36. The van der Waals surface area contributed by atoms with Crippen LogP contribution in [0.4, 0.5) is 5.69 Å². The highest BCUT2D eigenvalue weighted by Gasteiger charge is 2.21. The number of ether oxygens (including phenoxy) is 1. The molecule has 0 aromatic heterocycles. The second-order valence-corrected chi connectivity index (χ2v) is 6.68. The van der Waals surface area contributed by atoms with Crippen LogP contribution in [0, 0.1) is 0 Å². The number of hydrogen-bond donors (Lipinski definition) is 1. The number of carbonyl (C=O) groups is 1. The molecule has 0 saturated heterocycles. The van der Waals surface area contributed by atoms with E-state index in [1.54, 1.807) is 0 Å². The molecule has 2 aromatic carbocycles. The van der Waals surface area contributed by atoms with Crippen molar-refractivity contribution in [2.75, 3.05) is 11.9 Å². The zero-order valence-electron chi connectivity index (χ0n) is 12.4. The lowest BCUT2D eigenvalue weighted by Crippen LogP contribution is -2.20. The van der Waals surface area contributed by atoms with Gasteiger partial charge in [-0.15, -0.1) is 0 Å². The van der Waals surface area contributed by atoms with Gasteiger partial charge >= 0.3 is 0 Å². The fourth-order valence-corrected chi connectivity index (χ4v) is 3.10. The van der Waals surface area contributed by atoms with Gasteiger partial charge in [0.2, 0.25) is 0 Å². The first-order valence-corrected chi connectivity index (χ1v) is 8.77. The third-order valence-electron chi connectivity index (χ3n) is 3.16. The topological polar surface area (TPSA) is 38.3 Å². The maximum atomic E-state index is 12.0. The molecule has 2 rings (SSSR count). The van der Waals surface area contributed by atoms with Gasteiger partial charge in [-0.3, -0.25) is 4.79 Å². The standard InChI is InChI=1S/C16H12Cl5NO2/c1-2-8-3-5-9(6-4-8)22-10(23)7-24-16-14(20)12(18)11(17)13(19)15(16)21/h3-6H,2,7H2,1H3,(H,22,23). The van der Waals surface area contributed by atoms with Crippen molar-refractivity contribution >= 4 is 69.6 Å². The summed E-state index contributed by atoms with van der Waals surface area (Å²) in [7, 11) is 0. The van der Waals surface area contributed by atoms with Crippen LogP contribution in [0.1, 0.15) is 12.5 Å². The van der Waals surface area contributed by atoms with Crippen LogP contribution in [0.15, 0.2) is 24.3 Å². The highest BCUT2D eigenvalue weighted by Crippen LogP contribution is 2.48. The molecule has 2 aromatic rings. The van der Waals surface area contributed by atoms with E-state index in [9.17, 15) is 4.79 Å². The SMILES string of the molecule is CCc1ccc(NC(=O)COc2c(Cl)c(Cl)c(Cl)c(Cl)c2Cl)cc1. The van der Waals surface area contributed by atoms with Crippen molar-refractivity contribution < 1.29 is 9.53 Å². The molecule has 24 heavy (non-hydrogen) atoms. The molecule has 1 N–H and O–H groups in total. The third kappa shape index (κ3) is 4.41. The zero-order chi connectivity index (χ0) is 17.9. The molecule has 0 unspecified atom stereocenters. The Morgan fingerprint density at radius 1 is 0.917 bits per heavy atom. The molecule has 3 nitrogen and oxygen atoms in total. The smallest absolute Gasteiger partial charge is 0.262 e. The van der Waals surface area contributed by atoms with E-state index in [1.165, 1.54) is 5.56 Å². The molecule has 0 aliphatic carbocycles. The predicted molar refractivity (Wildman–Crippen MR) is 101 cm³/mol. The summed E-state index contributed by atoms with van der Waals surface area (Å²) in [5.41, 5.74) is 1.83. The van der Waals surface area contributed by atoms with Crippen molar-refractivity contribution in [2.45, 2.75) is 13.3 Å². The van der Waals surface area contributed by atoms with E-state index in [2.05, 4.69) is 12.2 Å². The first kappa shape index (κ1) is 19.5. The van der Waals surface area contributed by atoms with E-state index in [4.69, 9.17) is 62.7 Å². The Bertz CT molecular complexity index is 733. The summed E-state index contributed by atoms with van der Waals surface area (Å²) in [5, 5.41) is 2.75. The fraction of sp³-hybridized carbons (Fsp3) is 0.188. The van der Waals surface area contributed by atoms with Gasteiger partial charge in [0.05, 0.1) is 15.1 Å². The lowest BCUT2D eigenvalue weighted by Gasteiger charge is -2.13. The van der Waals surface area contributed by atoms with Gasteiger partial charge in [0.25, 0.3) is 5.91 Å². The minimum Gasteiger partial charge on any atom is -0.481 e. The molecule has 0 aliphatic heterocycles. The maximum Gasteiger partial charge on any atom is 0.262 e. The first-order valence-electron chi connectivity index (χ1n) is 6.88. The maximum absolute atomic E-state index is 12.0. The molecule has 0 saturated carbocycles. The minimum atomic E-state index is -0.381. The summed E-state index contributed by atoms with van der Waals surface area (Å²) in [4.78, 5) is 12.0. The molecule has 0 fully saturated rings. The molecule has 0 aliphatic rings. The van der Waals surface area contributed by atoms with E-state index < -0.39 is 0 Å². The van der Waals surface area contributed by atoms with Crippen LogP contribution in [-0.2, 0) is 11.2 Å². The summed E-state index contributed by atoms with van der Waals surface area (Å²) >= 11 is 29.9. The molecule has 128 valence electrons. The van der Waals surface area contributed by atoms with Crippen molar-refractivity contribution in [2.24, 2.45) is 0 Å². The summed E-state index contributed by atoms with van der Waals surface area (Å²) in [6.07, 6.45) is 0.923. The van der Waals surface area contributed by atoms with Crippen molar-refractivity contribution in [1.82, 2.24) is 0 Å². The molecule has 0 atom stereocenters. The van der Waals surface area contributed by atoms with Gasteiger partial charge in [-0.2, -0.15) is 0 Å². The predicted octanol–water partition coefficient (Wildman–Crippen LogP) is 6.53. The van der Waals surface area contributed by atoms with Crippen molar-refractivity contribution in [3.05, 3.63) is 54.9 Å². The molecule has 0 heterocycles. The number of aryl methyl sites for hydroxylation is 1. The monoisotopic (exact) mass is 425 g/mol. The minimum absolute atomic E-state index is 0.00355. The summed E-state index contributed by atoms with van der Waals surface area (Å²) in [5.74, 6) is -0.372. The Labute approximate surface area is 164 Å². The van der Waals surface area contributed by atoms with Crippen molar-refractivity contribution in [1.29, 1.82) is 0 Å². The molecular formula is C16H12Cl5NO2. The number of anilines is 1. The molecule has 1 amide bonds. The Morgan fingerprint density at radius 2 is 1.42 bits per heavy atom. The van der Waals surface area contributed by atoms with E-state index >= 15 is 0 Å². The first-order chi connectivity index (χ1) is 11.3. The fourth-order valence-electron chi connectivity index (χ4n) is 1.87. The van der Waals surface area contributed by atoms with E-state index in [0.29, 0.717) is 5.69 Å². The van der Waals surface area contributed by atoms with Crippen LogP contribution in [0.3, 0.4) is 0 Å². The Morgan fingerprint density at radius 3 is 1.92 bits per heavy atom. The zero-order valence-corrected chi connectivity index (χ0v) is 16.2. The van der Waals surface area contributed by atoms with E-state index in [-0.39, 0.29) is 43.4 Å². The molecule has 0 bridgehead atoms. The number of nitrogens with one attached hydrogen (secondary N) is 1. The molecule has 0 radical (unpaired) electrons. The number of rotatable bonds is 5. The highest BCUT2D eigenvalue weighted by molar-refractivity contribution is 6.55. The number of halogens is 5. The summed E-state index contributed by atoms with van der Waals surface area (Å²) in [6.45, 7) is 1.74. The van der Waals surface area contributed by atoms with Crippen molar-refractivity contribution in [3.63, 3.8) is 0 Å². The Balaban J connectivity index is 2.06. The lowest BCUT2D eigenvalue weighted by atomic mass is 10.1. The normalized spacial score (nSPS) is 10.6. The van der Waals surface area contributed by atoms with Crippen LogP contribution in [-0.4, -0.2) is 12.5 Å². The molecule has 0 spiro atoms. The third-order valence-corrected chi connectivity index (χ3v) is 5.41. The van der Waals surface area contributed by atoms with Gasteiger partial charge in [0.15, 0.2) is 12.4 Å². The number of carbonyl (C=O) groups excluding carboxylic acids is 1. The van der Waals surface area contributed by atoms with Gasteiger partial charge in [-0.05, 0) is 24.1 Å². The van der Waals surface area contributed by atoms with Crippen LogP contribution in [0.5, 0.6) is 5.75 Å². The number of hydrogen-bond acceptors (Lipinski definition) is 2. The quantitative estimate of drug-likeness (QED) is 0.435. The van der Waals surface area contributed by atoms with Crippen LogP contribution in [0.2, 0.25) is 25.1 Å². The van der Waals surface area contributed by atoms with Gasteiger partial charge in [-0.1, -0.05) is 77.1 Å². The van der Waals surface area contributed by atoms with Crippen molar-refractivity contribution in [3.8, 4) is 5.75 Å². The Kier molecular flexibility index (Phi) is 6.90. The number of amides is 1. The second kappa shape index (κ2) is 8.50. The number of benzene rings is 2. The highest BCUT2D eigenvalue weighted by atomic mass is 35.5.